The smallest absolute Gasteiger partial charge is 1.00 e. The van der Waals surface area contributed by atoms with Crippen LogP contribution in [0.5, 0.6) is 0 Å². The van der Waals surface area contributed by atoms with E-state index in [4.69, 9.17) is 5.11 Å². The Labute approximate surface area is 58.3 Å². The number of aliphatic hydroxyl groups excluding tert-OH is 1. The molecule has 0 bridgehead atoms. The fourth-order valence-corrected chi connectivity index (χ4v) is 0. The van der Waals surface area contributed by atoms with Gasteiger partial charge in [0.1, 0.15) is 0 Å². The fraction of sp³-hybridized carbons (Fsp3) is 1.00. The van der Waals surface area contributed by atoms with Gasteiger partial charge in [0.05, 0.1) is 0 Å². The van der Waals surface area contributed by atoms with Crippen molar-refractivity contribution in [3.05, 3.63) is 0 Å². The minimum atomic E-state index is 0. The van der Waals surface area contributed by atoms with E-state index < -0.39 is 0 Å². The molecule has 0 aliphatic carbocycles. The summed E-state index contributed by atoms with van der Waals surface area (Å²) in [6.07, 6.45) is 0. The number of aliphatic hydroxyl groups is 1. The Morgan fingerprint density at radius 2 is 0.833 bits per heavy atom. The van der Waals surface area contributed by atoms with E-state index in [9.17, 15) is 0 Å². The van der Waals surface area contributed by atoms with Crippen LogP contribution in [0.15, 0.2) is 0 Å². The van der Waals surface area contributed by atoms with E-state index in [1.54, 1.807) is 0 Å². The van der Waals surface area contributed by atoms with Gasteiger partial charge in [-0.2, -0.15) is 0 Å². The van der Waals surface area contributed by atoms with Crippen molar-refractivity contribution in [1.82, 2.24) is 0 Å². The van der Waals surface area contributed by atoms with E-state index >= 15 is 0 Å². The van der Waals surface area contributed by atoms with E-state index in [0.717, 1.165) is 7.11 Å². The Hall–Kier alpha value is 0.895. The van der Waals surface area contributed by atoms with E-state index in [1.807, 2.05) is 0 Å². The molecule has 6 heavy (non-hydrogen) atoms. The van der Waals surface area contributed by atoms with E-state index in [-0.39, 0.29) is 45.6 Å². The van der Waals surface area contributed by atoms with Crippen LogP contribution >= 0.6 is 0 Å². The van der Waals surface area contributed by atoms with Gasteiger partial charge in [0.15, 0.2) is 0 Å². The number of rotatable bonds is 0. The molecular formula is CH4BCl3O. The Morgan fingerprint density at radius 1 is 0.833 bits per heavy atom. The molecule has 0 unspecified atom stereocenters. The molecule has 0 aromatic rings. The SMILES string of the molecule is CO.[B+3].[Cl-].[Cl-].[Cl-]. The van der Waals surface area contributed by atoms with Crippen LogP contribution in [0.2, 0.25) is 0 Å². The fourth-order valence-electron chi connectivity index (χ4n) is 0. The van der Waals surface area contributed by atoms with Crippen molar-refractivity contribution in [2.75, 3.05) is 7.11 Å². The van der Waals surface area contributed by atoms with Gasteiger partial charge < -0.3 is 42.3 Å². The van der Waals surface area contributed by atoms with Crippen molar-refractivity contribution in [2.45, 2.75) is 0 Å². The Bertz CT molecular complexity index is 10.8. The number of halogens is 3. The summed E-state index contributed by atoms with van der Waals surface area (Å²) in [5, 5.41) is 7.00. The molecule has 0 rings (SSSR count). The zero-order valence-corrected chi connectivity index (χ0v) is 5.43. The van der Waals surface area contributed by atoms with E-state index in [2.05, 4.69) is 0 Å². The van der Waals surface area contributed by atoms with E-state index in [0.29, 0.717) is 0 Å². The van der Waals surface area contributed by atoms with Crippen LogP contribution in [0, 0.1) is 0 Å². The van der Waals surface area contributed by atoms with Crippen molar-refractivity contribution in [1.29, 1.82) is 0 Å². The predicted molar refractivity (Wildman–Crippen MR) is 13.9 cm³/mol. The number of hydrogen-bond donors (Lipinski definition) is 1. The molecule has 1 N–H and O–H groups in total. The minimum Gasteiger partial charge on any atom is -1.00 e. The molecule has 0 saturated carbocycles. The molecule has 5 heteroatoms. The second-order valence-corrected chi connectivity index (χ2v) is 0. The van der Waals surface area contributed by atoms with Gasteiger partial charge in [-0.15, -0.1) is 0 Å². The van der Waals surface area contributed by atoms with Crippen LogP contribution in [0.1, 0.15) is 0 Å². The van der Waals surface area contributed by atoms with Crippen LogP contribution < -0.4 is 37.2 Å². The summed E-state index contributed by atoms with van der Waals surface area (Å²) in [4.78, 5) is 0. The third-order valence-electron chi connectivity index (χ3n) is 0. The Balaban J connectivity index is -0.000000000833. The van der Waals surface area contributed by atoms with Gasteiger partial charge in [-0.3, -0.25) is 0 Å². The minimum absolute atomic E-state index is 0. The first-order chi connectivity index (χ1) is 1.00. The van der Waals surface area contributed by atoms with Gasteiger partial charge in [0, 0.05) is 7.11 Å². The van der Waals surface area contributed by atoms with Crippen LogP contribution in [-0.4, -0.2) is 20.6 Å². The molecule has 0 heterocycles. The average Bonchev–Trinajstić information content (AvgIpc) is 1.00. The summed E-state index contributed by atoms with van der Waals surface area (Å²) >= 11 is 0. The number of hydrogen-bond acceptors (Lipinski definition) is 1. The summed E-state index contributed by atoms with van der Waals surface area (Å²) in [7, 11) is 1.00. The second-order valence-electron chi connectivity index (χ2n) is 0. The van der Waals surface area contributed by atoms with Crippen LogP contribution in [0.25, 0.3) is 0 Å². The topological polar surface area (TPSA) is 20.2 Å². The summed E-state index contributed by atoms with van der Waals surface area (Å²) in [6, 6.07) is 0. The molecule has 0 atom stereocenters. The van der Waals surface area contributed by atoms with Gasteiger partial charge in [-0.05, 0) is 0 Å². The van der Waals surface area contributed by atoms with Crippen LogP contribution in [-0.2, 0) is 0 Å². The summed E-state index contributed by atoms with van der Waals surface area (Å²) in [5.74, 6) is 0. The summed E-state index contributed by atoms with van der Waals surface area (Å²) < 4.78 is 0. The first-order valence-corrected chi connectivity index (χ1v) is 0.447. The first kappa shape index (κ1) is 66.7. The molecule has 0 spiro atoms. The molecule has 0 aromatic carbocycles. The third-order valence-corrected chi connectivity index (χ3v) is 0. The van der Waals surface area contributed by atoms with Crippen molar-refractivity contribution in [3.63, 3.8) is 0 Å². The molecule has 0 aromatic heterocycles. The molecule has 0 aliphatic rings. The van der Waals surface area contributed by atoms with Crippen molar-refractivity contribution >= 4 is 8.41 Å². The molecule has 0 fully saturated rings. The Morgan fingerprint density at radius 3 is 0.833 bits per heavy atom. The summed E-state index contributed by atoms with van der Waals surface area (Å²) in [6.45, 7) is 0. The molecular weight excluding hydrogens is 145 g/mol. The standard InChI is InChI=1S/CH4O.B.3ClH/c1-2;;;;/h2H,1H3;;3*1H/q;+3;;;/p-3. The quantitative estimate of drug-likeness (QED) is 0.339. The van der Waals surface area contributed by atoms with Crippen LogP contribution in [0.4, 0.5) is 0 Å². The summed E-state index contributed by atoms with van der Waals surface area (Å²) in [5.41, 5.74) is 0. The van der Waals surface area contributed by atoms with Crippen molar-refractivity contribution in [2.24, 2.45) is 0 Å². The van der Waals surface area contributed by atoms with Gasteiger partial charge in [0.25, 0.3) is 0 Å². The predicted octanol–water partition coefficient (Wildman–Crippen LogP) is -9.76. The van der Waals surface area contributed by atoms with Crippen LogP contribution in [0.3, 0.4) is 0 Å². The largest absolute Gasteiger partial charge is 3.00 e. The average molecular weight is 149 g/mol. The molecule has 0 saturated heterocycles. The zero-order valence-electron chi connectivity index (χ0n) is 3.16. The van der Waals surface area contributed by atoms with Gasteiger partial charge in [-0.25, -0.2) is 0 Å². The Kier molecular flexibility index (Phi) is 1960. The maximum Gasteiger partial charge on any atom is 3.00 e. The van der Waals surface area contributed by atoms with Crippen molar-refractivity contribution in [3.8, 4) is 0 Å². The monoisotopic (exact) mass is 148 g/mol. The normalized spacial score (nSPS) is 1.00. The van der Waals surface area contributed by atoms with Gasteiger partial charge >= 0.3 is 8.41 Å². The van der Waals surface area contributed by atoms with Gasteiger partial charge in [0.2, 0.25) is 0 Å². The van der Waals surface area contributed by atoms with Crippen molar-refractivity contribution < 1.29 is 42.3 Å². The van der Waals surface area contributed by atoms with E-state index in [1.165, 1.54) is 0 Å². The third kappa shape index (κ3) is 92.7. The van der Waals surface area contributed by atoms with Gasteiger partial charge in [-0.1, -0.05) is 0 Å². The molecule has 0 amide bonds. The maximum absolute atomic E-state index is 7.00. The molecule has 0 radical (unpaired) electrons. The molecule has 0 aliphatic heterocycles. The first-order valence-electron chi connectivity index (χ1n) is 0.447. The zero-order chi connectivity index (χ0) is 2.00. The molecule has 1 nitrogen and oxygen atoms in total. The second kappa shape index (κ2) is 176. The molecule has 38 valence electrons. The maximum atomic E-state index is 7.00.